The summed E-state index contributed by atoms with van der Waals surface area (Å²) in [7, 11) is 1.68. The van der Waals surface area contributed by atoms with Crippen LogP contribution in [0.3, 0.4) is 0 Å². The lowest BCUT2D eigenvalue weighted by molar-refractivity contribution is 0.584. The van der Waals surface area contributed by atoms with Crippen molar-refractivity contribution in [3.63, 3.8) is 0 Å². The number of nitrogens with one attached hydrogen (secondary N) is 1. The van der Waals surface area contributed by atoms with Gasteiger partial charge in [-0.2, -0.15) is 9.37 Å². The molecule has 1 aromatic carbocycles. The first-order valence-corrected chi connectivity index (χ1v) is 6.66. The molecule has 0 unspecified atom stereocenters. The van der Waals surface area contributed by atoms with Crippen LogP contribution in [0.15, 0.2) is 36.5 Å². The molecule has 0 atom stereocenters. The molecular formula is C14H10ClF2N5. The summed E-state index contributed by atoms with van der Waals surface area (Å²) >= 11 is 5.64. The van der Waals surface area contributed by atoms with E-state index in [1.54, 1.807) is 13.1 Å². The van der Waals surface area contributed by atoms with Crippen molar-refractivity contribution < 1.29 is 8.78 Å². The highest BCUT2D eigenvalue weighted by Crippen LogP contribution is 2.23. The first-order chi connectivity index (χ1) is 10.5. The van der Waals surface area contributed by atoms with Crippen molar-refractivity contribution in [1.29, 1.82) is 0 Å². The minimum atomic E-state index is -0.574. The topological polar surface area (TPSA) is 55.6 Å². The van der Waals surface area contributed by atoms with E-state index in [4.69, 9.17) is 11.6 Å². The maximum Gasteiger partial charge on any atom is 0.225 e. The largest absolute Gasteiger partial charge is 0.324 e. The second-order valence-corrected chi connectivity index (χ2v) is 4.91. The molecule has 0 aliphatic heterocycles. The Bertz CT molecular complexity index is 817. The maximum atomic E-state index is 13.4. The highest BCUT2D eigenvalue weighted by atomic mass is 35.5. The number of nitrogens with zero attached hydrogens (tertiary/aromatic N) is 4. The monoisotopic (exact) mass is 321 g/mol. The lowest BCUT2D eigenvalue weighted by Crippen LogP contribution is -2.00. The molecule has 0 bridgehead atoms. The van der Waals surface area contributed by atoms with Crippen LogP contribution in [0.1, 0.15) is 0 Å². The SMILES string of the molecule is Cn1nc(-c2ccc(F)nc2)nc1Nc1ccc(Cl)c(F)c1. The van der Waals surface area contributed by atoms with Gasteiger partial charge in [0.2, 0.25) is 11.9 Å². The van der Waals surface area contributed by atoms with Crippen molar-refractivity contribution >= 4 is 23.2 Å². The van der Waals surface area contributed by atoms with Gasteiger partial charge in [0, 0.05) is 24.5 Å². The van der Waals surface area contributed by atoms with Gasteiger partial charge >= 0.3 is 0 Å². The molecule has 0 spiro atoms. The summed E-state index contributed by atoms with van der Waals surface area (Å²) in [6.07, 6.45) is 1.34. The van der Waals surface area contributed by atoms with E-state index in [0.29, 0.717) is 23.0 Å². The summed E-state index contributed by atoms with van der Waals surface area (Å²) in [5.74, 6) is -0.320. The molecule has 0 fully saturated rings. The van der Waals surface area contributed by atoms with Crippen molar-refractivity contribution in [2.75, 3.05) is 5.32 Å². The van der Waals surface area contributed by atoms with Gasteiger partial charge in [-0.3, -0.25) is 0 Å². The third-order valence-electron chi connectivity index (χ3n) is 2.92. The zero-order valence-electron chi connectivity index (χ0n) is 11.4. The van der Waals surface area contributed by atoms with Gasteiger partial charge in [-0.15, -0.1) is 5.10 Å². The fourth-order valence-corrected chi connectivity index (χ4v) is 1.94. The number of aromatic nitrogens is 4. The Balaban J connectivity index is 1.89. The Morgan fingerprint density at radius 2 is 2.00 bits per heavy atom. The zero-order chi connectivity index (χ0) is 15.7. The predicted octanol–water partition coefficient (Wildman–Crippen LogP) is 3.55. The van der Waals surface area contributed by atoms with Crippen LogP contribution in [0.4, 0.5) is 20.4 Å². The fourth-order valence-electron chi connectivity index (χ4n) is 1.83. The summed E-state index contributed by atoms with van der Waals surface area (Å²) in [6, 6.07) is 7.09. The Hall–Kier alpha value is -2.54. The first-order valence-electron chi connectivity index (χ1n) is 6.28. The molecule has 112 valence electrons. The summed E-state index contributed by atoms with van der Waals surface area (Å²) in [5, 5.41) is 7.19. The van der Waals surface area contributed by atoms with Crippen LogP contribution in [-0.2, 0) is 7.05 Å². The van der Waals surface area contributed by atoms with Gasteiger partial charge in [0.15, 0.2) is 5.82 Å². The molecule has 3 rings (SSSR count). The summed E-state index contributed by atoms with van der Waals surface area (Å²) < 4.78 is 27.8. The highest BCUT2D eigenvalue weighted by Gasteiger charge is 2.11. The standard InChI is InChI=1S/C14H10ClF2N5/c1-22-14(19-9-3-4-10(15)11(16)6-9)20-13(21-22)8-2-5-12(17)18-7-8/h2-7H,1H3,(H,19,20,21). The minimum Gasteiger partial charge on any atom is -0.324 e. The second kappa shape index (κ2) is 5.69. The van der Waals surface area contributed by atoms with Gasteiger partial charge in [-0.05, 0) is 30.3 Å². The molecule has 22 heavy (non-hydrogen) atoms. The van der Waals surface area contributed by atoms with E-state index in [0.717, 1.165) is 0 Å². The van der Waals surface area contributed by atoms with E-state index in [1.165, 1.54) is 35.1 Å². The van der Waals surface area contributed by atoms with Gasteiger partial charge in [0.25, 0.3) is 0 Å². The molecule has 3 aromatic rings. The van der Waals surface area contributed by atoms with Crippen LogP contribution < -0.4 is 5.32 Å². The predicted molar refractivity (Wildman–Crippen MR) is 78.9 cm³/mol. The number of hydrogen-bond acceptors (Lipinski definition) is 4. The van der Waals surface area contributed by atoms with E-state index in [1.807, 2.05) is 0 Å². The van der Waals surface area contributed by atoms with Crippen LogP contribution in [0.5, 0.6) is 0 Å². The number of anilines is 2. The van der Waals surface area contributed by atoms with Crippen molar-refractivity contribution in [3.8, 4) is 11.4 Å². The Morgan fingerprint density at radius 3 is 2.68 bits per heavy atom. The number of aryl methyl sites for hydroxylation is 1. The van der Waals surface area contributed by atoms with Crippen molar-refractivity contribution in [2.45, 2.75) is 0 Å². The summed E-state index contributed by atoms with van der Waals surface area (Å²) in [4.78, 5) is 7.84. The number of pyridine rings is 1. The minimum absolute atomic E-state index is 0.0431. The quantitative estimate of drug-likeness (QED) is 0.749. The number of halogens is 3. The third-order valence-corrected chi connectivity index (χ3v) is 3.23. The van der Waals surface area contributed by atoms with Crippen LogP contribution in [0.2, 0.25) is 5.02 Å². The van der Waals surface area contributed by atoms with Crippen LogP contribution >= 0.6 is 11.6 Å². The van der Waals surface area contributed by atoms with Crippen LogP contribution in [-0.4, -0.2) is 19.7 Å². The Labute approximate surface area is 129 Å². The van der Waals surface area contributed by atoms with Gasteiger partial charge < -0.3 is 5.32 Å². The fraction of sp³-hybridized carbons (Fsp3) is 0.0714. The summed E-state index contributed by atoms with van der Waals surface area (Å²) in [5.41, 5.74) is 1.06. The van der Waals surface area contributed by atoms with Gasteiger partial charge in [0.05, 0.1) is 5.02 Å². The average molecular weight is 322 g/mol. The molecule has 0 radical (unpaired) electrons. The third kappa shape index (κ3) is 2.89. The van der Waals surface area contributed by atoms with Crippen molar-refractivity contribution in [3.05, 3.63) is 53.3 Å². The average Bonchev–Trinajstić information content (AvgIpc) is 2.85. The molecule has 0 amide bonds. The molecule has 1 N–H and O–H groups in total. The van der Waals surface area contributed by atoms with E-state index in [9.17, 15) is 8.78 Å². The van der Waals surface area contributed by atoms with E-state index >= 15 is 0 Å². The van der Waals surface area contributed by atoms with E-state index in [2.05, 4.69) is 20.4 Å². The molecule has 5 nitrogen and oxygen atoms in total. The van der Waals surface area contributed by atoms with Crippen molar-refractivity contribution in [1.82, 2.24) is 19.7 Å². The molecular weight excluding hydrogens is 312 g/mol. The van der Waals surface area contributed by atoms with Gasteiger partial charge in [-0.1, -0.05) is 11.6 Å². The number of rotatable bonds is 3. The van der Waals surface area contributed by atoms with E-state index in [-0.39, 0.29) is 5.02 Å². The molecule has 0 saturated heterocycles. The Kier molecular flexibility index (Phi) is 3.72. The van der Waals surface area contributed by atoms with Crippen molar-refractivity contribution in [2.24, 2.45) is 7.05 Å². The van der Waals surface area contributed by atoms with E-state index < -0.39 is 11.8 Å². The molecule has 0 aliphatic rings. The van der Waals surface area contributed by atoms with Gasteiger partial charge in [0.1, 0.15) is 5.82 Å². The molecule has 2 aromatic heterocycles. The lowest BCUT2D eigenvalue weighted by atomic mass is 10.3. The smallest absolute Gasteiger partial charge is 0.225 e. The molecule has 2 heterocycles. The highest BCUT2D eigenvalue weighted by molar-refractivity contribution is 6.30. The van der Waals surface area contributed by atoms with Crippen LogP contribution in [0, 0.1) is 11.8 Å². The van der Waals surface area contributed by atoms with Crippen LogP contribution in [0.25, 0.3) is 11.4 Å². The molecule has 0 saturated carbocycles. The first kappa shape index (κ1) is 14.4. The maximum absolute atomic E-state index is 13.4. The molecule has 0 aliphatic carbocycles. The Morgan fingerprint density at radius 1 is 1.18 bits per heavy atom. The molecule has 8 heteroatoms. The summed E-state index contributed by atoms with van der Waals surface area (Å²) in [6.45, 7) is 0. The van der Waals surface area contributed by atoms with Gasteiger partial charge in [-0.25, -0.2) is 14.1 Å². The normalized spacial score (nSPS) is 10.7. The lowest BCUT2D eigenvalue weighted by Gasteiger charge is -2.05. The second-order valence-electron chi connectivity index (χ2n) is 4.51. The zero-order valence-corrected chi connectivity index (χ0v) is 12.1. The number of hydrogen-bond donors (Lipinski definition) is 1. The number of benzene rings is 1.